The Labute approximate surface area is 150 Å². The Morgan fingerprint density at radius 3 is 2.74 bits per heavy atom. The Hall–Kier alpha value is -0.480. The monoisotopic (exact) mass is 359 g/mol. The van der Waals surface area contributed by atoms with E-state index in [9.17, 15) is 5.11 Å². The predicted octanol–water partition coefficient (Wildman–Crippen LogP) is 3.96. The molecule has 0 heterocycles. The summed E-state index contributed by atoms with van der Waals surface area (Å²) < 4.78 is 5.35. The van der Waals surface area contributed by atoms with Crippen LogP contribution in [0.2, 0.25) is 5.02 Å². The zero-order chi connectivity index (χ0) is 15.9. The van der Waals surface area contributed by atoms with Gasteiger partial charge < -0.3 is 14.7 Å². The first-order chi connectivity index (χ1) is 10.4. The van der Waals surface area contributed by atoms with Crippen molar-refractivity contribution in [2.75, 3.05) is 27.7 Å². The summed E-state index contributed by atoms with van der Waals surface area (Å²) in [7, 11) is 5.81. The molecule has 4 atom stereocenters. The summed E-state index contributed by atoms with van der Waals surface area (Å²) >= 11 is 6.46. The van der Waals surface area contributed by atoms with Gasteiger partial charge in [0, 0.05) is 23.0 Å². The van der Waals surface area contributed by atoms with Crippen molar-refractivity contribution in [2.24, 2.45) is 17.8 Å². The molecule has 5 heteroatoms. The van der Waals surface area contributed by atoms with Crippen molar-refractivity contribution in [1.82, 2.24) is 4.90 Å². The van der Waals surface area contributed by atoms with Gasteiger partial charge in [0.15, 0.2) is 0 Å². The molecule has 23 heavy (non-hydrogen) atoms. The Morgan fingerprint density at radius 2 is 2.09 bits per heavy atom. The lowest BCUT2D eigenvalue weighted by molar-refractivity contribution is -0.0891. The highest BCUT2D eigenvalue weighted by atomic mass is 35.5. The zero-order valence-corrected chi connectivity index (χ0v) is 15.7. The number of methoxy groups -OCH3 is 1. The van der Waals surface area contributed by atoms with Gasteiger partial charge in [-0.3, -0.25) is 0 Å². The molecule has 0 amide bonds. The van der Waals surface area contributed by atoms with Crippen LogP contribution in [0.25, 0.3) is 0 Å². The van der Waals surface area contributed by atoms with Crippen LogP contribution >= 0.6 is 24.0 Å². The largest absolute Gasteiger partial charge is 0.497 e. The maximum absolute atomic E-state index is 11.7. The summed E-state index contributed by atoms with van der Waals surface area (Å²) in [5.41, 5.74) is -0.00283. The first-order valence-electron chi connectivity index (χ1n) is 8.15. The fraction of sp³-hybridized carbons (Fsp3) is 0.667. The Morgan fingerprint density at radius 1 is 1.35 bits per heavy atom. The van der Waals surface area contributed by atoms with E-state index >= 15 is 0 Å². The molecule has 3 rings (SSSR count). The molecular formula is C18H27Cl2NO2. The van der Waals surface area contributed by atoms with Crippen molar-refractivity contribution in [2.45, 2.75) is 31.3 Å². The topological polar surface area (TPSA) is 32.7 Å². The van der Waals surface area contributed by atoms with Crippen LogP contribution < -0.4 is 4.74 Å². The van der Waals surface area contributed by atoms with Crippen LogP contribution in [0.4, 0.5) is 0 Å². The van der Waals surface area contributed by atoms with Gasteiger partial charge in [0.1, 0.15) is 5.75 Å². The van der Waals surface area contributed by atoms with E-state index in [1.807, 2.05) is 18.2 Å². The van der Waals surface area contributed by atoms with E-state index in [1.165, 1.54) is 19.3 Å². The van der Waals surface area contributed by atoms with E-state index in [-0.39, 0.29) is 18.3 Å². The molecule has 3 nitrogen and oxygen atoms in total. The minimum atomic E-state index is -0.847. The summed E-state index contributed by atoms with van der Waals surface area (Å²) in [6.45, 7) is 0.890. The third-order valence-corrected chi connectivity index (χ3v) is 5.90. The molecule has 0 saturated heterocycles. The van der Waals surface area contributed by atoms with Gasteiger partial charge >= 0.3 is 0 Å². The summed E-state index contributed by atoms with van der Waals surface area (Å²) in [6.07, 6.45) is 4.53. The lowest BCUT2D eigenvalue weighted by Crippen LogP contribution is -2.47. The normalized spacial score (nSPS) is 32.7. The lowest BCUT2D eigenvalue weighted by Gasteiger charge is -2.46. The van der Waals surface area contributed by atoms with Crippen LogP contribution in [-0.4, -0.2) is 37.8 Å². The fourth-order valence-corrected chi connectivity index (χ4v) is 4.89. The molecule has 0 aromatic heterocycles. The number of rotatable bonds is 4. The second kappa shape index (κ2) is 7.18. The molecule has 2 fully saturated rings. The summed E-state index contributed by atoms with van der Waals surface area (Å²) in [5, 5.41) is 12.3. The van der Waals surface area contributed by atoms with E-state index in [2.05, 4.69) is 19.0 Å². The molecule has 4 unspecified atom stereocenters. The summed E-state index contributed by atoms with van der Waals surface area (Å²) in [6, 6.07) is 5.63. The van der Waals surface area contributed by atoms with Crippen LogP contribution in [0.15, 0.2) is 18.2 Å². The van der Waals surface area contributed by atoms with E-state index in [4.69, 9.17) is 16.3 Å². The van der Waals surface area contributed by atoms with Crippen LogP contribution in [0.5, 0.6) is 5.75 Å². The van der Waals surface area contributed by atoms with E-state index < -0.39 is 5.60 Å². The van der Waals surface area contributed by atoms with Gasteiger partial charge in [-0.2, -0.15) is 0 Å². The van der Waals surface area contributed by atoms with Crippen LogP contribution in [-0.2, 0) is 5.60 Å². The van der Waals surface area contributed by atoms with Crippen LogP contribution in [0, 0.1) is 17.8 Å². The maximum atomic E-state index is 11.7. The zero-order valence-electron chi connectivity index (χ0n) is 14.1. The molecule has 130 valence electrons. The second-order valence-corrected chi connectivity index (χ2v) is 7.69. The molecule has 1 aromatic rings. The molecule has 0 aliphatic heterocycles. The van der Waals surface area contributed by atoms with Gasteiger partial charge in [0.25, 0.3) is 0 Å². The first kappa shape index (κ1) is 18.9. The highest BCUT2D eigenvalue weighted by molar-refractivity contribution is 6.31. The van der Waals surface area contributed by atoms with Crippen molar-refractivity contribution in [3.8, 4) is 5.75 Å². The predicted molar refractivity (Wildman–Crippen MR) is 96.6 cm³/mol. The van der Waals surface area contributed by atoms with E-state index in [0.29, 0.717) is 16.9 Å². The first-order valence-corrected chi connectivity index (χ1v) is 8.53. The minimum absolute atomic E-state index is 0. The van der Waals surface area contributed by atoms with Crippen molar-refractivity contribution < 1.29 is 9.84 Å². The molecule has 2 bridgehead atoms. The summed E-state index contributed by atoms with van der Waals surface area (Å²) in [4.78, 5) is 2.18. The quantitative estimate of drug-likeness (QED) is 0.882. The average Bonchev–Trinajstić information content (AvgIpc) is 2.87. The molecule has 2 aliphatic carbocycles. The van der Waals surface area contributed by atoms with Gasteiger partial charge in [0.2, 0.25) is 0 Å². The number of benzene rings is 1. The van der Waals surface area contributed by atoms with Gasteiger partial charge in [-0.25, -0.2) is 0 Å². The third-order valence-electron chi connectivity index (χ3n) is 5.57. The number of hydrogen-bond acceptors (Lipinski definition) is 3. The molecule has 2 aliphatic rings. The molecule has 2 saturated carbocycles. The molecule has 1 aromatic carbocycles. The third kappa shape index (κ3) is 3.48. The van der Waals surface area contributed by atoms with Crippen molar-refractivity contribution >= 4 is 24.0 Å². The number of halogens is 2. The van der Waals surface area contributed by atoms with Gasteiger partial charge in [-0.1, -0.05) is 18.0 Å². The van der Waals surface area contributed by atoms with Crippen molar-refractivity contribution in [3.63, 3.8) is 0 Å². The number of fused-ring (bicyclic) bond motifs is 2. The highest BCUT2D eigenvalue weighted by Gasteiger charge is 2.52. The second-order valence-electron chi connectivity index (χ2n) is 7.28. The highest BCUT2D eigenvalue weighted by Crippen LogP contribution is 2.55. The van der Waals surface area contributed by atoms with Crippen LogP contribution in [0.1, 0.15) is 31.2 Å². The lowest BCUT2D eigenvalue weighted by atomic mass is 9.66. The molecule has 0 radical (unpaired) electrons. The fourth-order valence-electron chi connectivity index (χ4n) is 4.61. The number of hydrogen-bond donors (Lipinski definition) is 1. The van der Waals surface area contributed by atoms with E-state index in [1.54, 1.807) is 7.11 Å². The smallest absolute Gasteiger partial charge is 0.119 e. The molecular weight excluding hydrogens is 333 g/mol. The van der Waals surface area contributed by atoms with Crippen molar-refractivity contribution in [3.05, 3.63) is 28.8 Å². The van der Waals surface area contributed by atoms with Crippen LogP contribution in [0.3, 0.4) is 0 Å². The number of ether oxygens (including phenoxy) is 1. The van der Waals surface area contributed by atoms with Gasteiger partial charge in [-0.05, 0) is 63.4 Å². The molecule has 0 spiro atoms. The standard InChI is InChI=1S/C18H26ClNO2.ClH/c1-20(2)11-16-13-5-4-12(8-13)10-18(16,21)15-9-14(22-3)6-7-17(15)19;/h6-7,9,12-13,16,21H,4-5,8,10-11H2,1-3H3;1H. The Balaban J connectivity index is 0.00000192. The molecule has 1 N–H and O–H groups in total. The van der Waals surface area contributed by atoms with E-state index in [0.717, 1.165) is 24.3 Å². The minimum Gasteiger partial charge on any atom is -0.497 e. The average molecular weight is 360 g/mol. The maximum Gasteiger partial charge on any atom is 0.119 e. The Kier molecular flexibility index (Phi) is 5.89. The van der Waals surface area contributed by atoms with Gasteiger partial charge in [-0.15, -0.1) is 12.4 Å². The van der Waals surface area contributed by atoms with Crippen molar-refractivity contribution in [1.29, 1.82) is 0 Å². The summed E-state index contributed by atoms with van der Waals surface area (Å²) in [5.74, 6) is 2.20. The number of aliphatic hydroxyl groups is 1. The SMILES string of the molecule is COc1ccc(Cl)c(C2(O)CC3CCC(C3)C2CN(C)C)c1.Cl. The van der Waals surface area contributed by atoms with Gasteiger partial charge in [0.05, 0.1) is 12.7 Å². The number of nitrogens with zero attached hydrogens (tertiary/aromatic N) is 1. The Bertz CT molecular complexity index is 552.